The van der Waals surface area contributed by atoms with E-state index in [1.807, 2.05) is 6.07 Å². The van der Waals surface area contributed by atoms with Gasteiger partial charge in [-0.05, 0) is 24.3 Å². The second-order valence-electron chi connectivity index (χ2n) is 7.84. The van der Waals surface area contributed by atoms with Crippen LogP contribution in [0.4, 0.5) is 24.7 Å². The minimum absolute atomic E-state index is 0.0275. The third kappa shape index (κ3) is 5.11. The molecule has 0 aliphatic carbocycles. The van der Waals surface area contributed by atoms with Gasteiger partial charge in [-0.1, -0.05) is 23.2 Å². The van der Waals surface area contributed by atoms with E-state index in [0.717, 1.165) is 0 Å². The van der Waals surface area contributed by atoms with Crippen LogP contribution in [0.25, 0.3) is 0 Å². The first kappa shape index (κ1) is 24.6. The number of nitrogens with one attached hydrogen (secondary N) is 1. The zero-order valence-electron chi connectivity index (χ0n) is 17.9. The van der Waals surface area contributed by atoms with Crippen molar-refractivity contribution >= 4 is 40.4 Å². The number of hydrogen-bond acceptors (Lipinski definition) is 7. The topological polar surface area (TPSA) is 112 Å². The van der Waals surface area contributed by atoms with Crippen LogP contribution in [0.5, 0.6) is 5.75 Å². The maximum absolute atomic E-state index is 12.8. The Morgan fingerprint density at radius 2 is 1.89 bits per heavy atom. The number of ether oxygens (including phenoxy) is 1. The van der Waals surface area contributed by atoms with E-state index < -0.39 is 12.1 Å². The molecule has 0 saturated carbocycles. The molecular formula is C23H17Cl2F3N6O. The first-order valence-electron chi connectivity index (χ1n) is 10.2. The molecule has 35 heavy (non-hydrogen) atoms. The van der Waals surface area contributed by atoms with E-state index in [1.54, 1.807) is 18.2 Å². The number of nitrogen functional groups attached to an aromatic ring is 1. The van der Waals surface area contributed by atoms with Crippen molar-refractivity contribution in [1.82, 2.24) is 9.97 Å². The summed E-state index contributed by atoms with van der Waals surface area (Å²) in [5, 5.41) is 18.8. The number of nitrogens with zero attached hydrogens (tertiary/aromatic N) is 4. The van der Waals surface area contributed by atoms with Gasteiger partial charge in [0.05, 0.1) is 27.2 Å². The largest absolute Gasteiger partial charge is 0.489 e. The third-order valence-electron chi connectivity index (χ3n) is 5.55. The van der Waals surface area contributed by atoms with Gasteiger partial charge in [0.15, 0.2) is 0 Å². The van der Waals surface area contributed by atoms with Gasteiger partial charge in [-0.25, -0.2) is 4.98 Å². The molecule has 7 nitrogen and oxygen atoms in total. The SMILES string of the molecule is N#Cc1cc(C(=N)c2cc(OCc3c(Cl)cncc3Cl)ccc2N)cnc1N1CC(C(F)(F)F)C1. The molecule has 1 aliphatic rings. The van der Waals surface area contributed by atoms with Gasteiger partial charge in [0.1, 0.15) is 24.2 Å². The van der Waals surface area contributed by atoms with E-state index in [-0.39, 0.29) is 42.4 Å². The molecule has 3 aromatic rings. The van der Waals surface area contributed by atoms with Crippen molar-refractivity contribution in [1.29, 1.82) is 10.7 Å². The highest BCUT2D eigenvalue weighted by molar-refractivity contribution is 6.35. The van der Waals surface area contributed by atoms with Crippen molar-refractivity contribution in [2.24, 2.45) is 5.92 Å². The first-order valence-corrected chi connectivity index (χ1v) is 11.0. The maximum atomic E-state index is 12.8. The van der Waals surface area contributed by atoms with Crippen LogP contribution >= 0.6 is 23.2 Å². The lowest BCUT2D eigenvalue weighted by Crippen LogP contribution is -2.54. The van der Waals surface area contributed by atoms with Crippen molar-refractivity contribution in [3.63, 3.8) is 0 Å². The third-order valence-corrected chi connectivity index (χ3v) is 6.20. The Bertz CT molecular complexity index is 1320. The maximum Gasteiger partial charge on any atom is 0.395 e. The average molecular weight is 521 g/mol. The Morgan fingerprint density at radius 3 is 2.51 bits per heavy atom. The van der Waals surface area contributed by atoms with E-state index >= 15 is 0 Å². The number of rotatable bonds is 6. The summed E-state index contributed by atoms with van der Waals surface area (Å²) in [6, 6.07) is 8.12. The van der Waals surface area contributed by atoms with Crippen molar-refractivity contribution in [3.05, 3.63) is 75.2 Å². The van der Waals surface area contributed by atoms with Gasteiger partial charge in [-0.2, -0.15) is 18.4 Å². The lowest BCUT2D eigenvalue weighted by molar-refractivity contribution is -0.180. The number of nitrogens with two attached hydrogens (primary N) is 1. The summed E-state index contributed by atoms with van der Waals surface area (Å²) in [5.41, 5.74) is 7.56. The molecular weight excluding hydrogens is 504 g/mol. The molecule has 0 atom stereocenters. The Hall–Kier alpha value is -3.55. The molecule has 0 amide bonds. The Kier molecular flexibility index (Phi) is 6.74. The van der Waals surface area contributed by atoms with E-state index in [1.165, 1.54) is 29.6 Å². The van der Waals surface area contributed by atoms with Crippen LogP contribution < -0.4 is 15.4 Å². The molecule has 1 saturated heterocycles. The smallest absolute Gasteiger partial charge is 0.395 e. The first-order chi connectivity index (χ1) is 16.6. The molecule has 1 aliphatic heterocycles. The molecule has 1 fully saturated rings. The minimum Gasteiger partial charge on any atom is -0.489 e. The molecule has 0 radical (unpaired) electrons. The average Bonchev–Trinajstić information content (AvgIpc) is 2.77. The lowest BCUT2D eigenvalue weighted by Gasteiger charge is -2.41. The second kappa shape index (κ2) is 9.60. The second-order valence-corrected chi connectivity index (χ2v) is 8.66. The van der Waals surface area contributed by atoms with Crippen molar-refractivity contribution in [3.8, 4) is 11.8 Å². The molecule has 180 valence electrons. The quantitative estimate of drug-likeness (QED) is 0.340. The van der Waals surface area contributed by atoms with Gasteiger partial charge in [0, 0.05) is 54.1 Å². The normalized spacial score (nSPS) is 13.8. The van der Waals surface area contributed by atoms with E-state index in [9.17, 15) is 18.4 Å². The van der Waals surface area contributed by atoms with E-state index in [2.05, 4.69) is 9.97 Å². The molecule has 3 heterocycles. The number of hydrogen-bond donors (Lipinski definition) is 2. The van der Waals surface area contributed by atoms with Crippen molar-refractivity contribution in [2.45, 2.75) is 12.8 Å². The summed E-state index contributed by atoms with van der Waals surface area (Å²) in [4.78, 5) is 9.45. The van der Waals surface area contributed by atoms with Crippen LogP contribution in [-0.2, 0) is 6.61 Å². The van der Waals surface area contributed by atoms with Crippen LogP contribution in [0.15, 0.2) is 42.9 Å². The molecule has 3 N–H and O–H groups in total. The highest BCUT2D eigenvalue weighted by Gasteiger charge is 2.48. The molecule has 0 unspecified atom stereocenters. The lowest BCUT2D eigenvalue weighted by atomic mass is 9.97. The highest BCUT2D eigenvalue weighted by atomic mass is 35.5. The molecule has 0 spiro atoms. The Balaban J connectivity index is 1.54. The molecule has 12 heteroatoms. The van der Waals surface area contributed by atoms with Crippen LogP contribution in [-0.4, -0.2) is 34.9 Å². The van der Waals surface area contributed by atoms with Crippen molar-refractivity contribution in [2.75, 3.05) is 23.7 Å². The van der Waals surface area contributed by atoms with Gasteiger partial charge in [0.25, 0.3) is 0 Å². The zero-order valence-corrected chi connectivity index (χ0v) is 19.4. The fraction of sp³-hybridized carbons (Fsp3) is 0.217. The summed E-state index contributed by atoms with van der Waals surface area (Å²) in [6.07, 6.45) is -0.0564. The summed E-state index contributed by atoms with van der Waals surface area (Å²) in [6.45, 7) is -0.472. The fourth-order valence-corrected chi connectivity index (χ4v) is 3.99. The summed E-state index contributed by atoms with van der Waals surface area (Å²) >= 11 is 12.2. The van der Waals surface area contributed by atoms with Gasteiger partial charge >= 0.3 is 6.18 Å². The number of nitriles is 1. The number of halogens is 5. The summed E-state index contributed by atoms with van der Waals surface area (Å²) in [7, 11) is 0. The Morgan fingerprint density at radius 1 is 1.20 bits per heavy atom. The standard InChI is InChI=1S/C23H17Cl2F3N6O/c24-18-7-32-8-19(25)17(18)11-35-15-1-2-20(30)16(4-15)21(31)13-3-12(5-29)22(33-6-13)34-9-14(10-34)23(26,27)28/h1-4,6-8,14,31H,9-11,30H2. The Labute approximate surface area is 208 Å². The summed E-state index contributed by atoms with van der Waals surface area (Å²) < 4.78 is 44.2. The number of alkyl halides is 3. The number of benzene rings is 1. The number of pyridine rings is 2. The van der Waals surface area contributed by atoms with Crippen LogP contribution in [0.3, 0.4) is 0 Å². The predicted octanol–water partition coefficient (Wildman–Crippen LogP) is 5.23. The molecule has 4 rings (SSSR count). The van der Waals surface area contributed by atoms with Gasteiger partial charge in [0.2, 0.25) is 0 Å². The molecule has 1 aromatic carbocycles. The van der Waals surface area contributed by atoms with Crippen LogP contribution in [0.2, 0.25) is 10.0 Å². The van der Waals surface area contributed by atoms with E-state index in [4.69, 9.17) is 39.1 Å². The highest BCUT2D eigenvalue weighted by Crippen LogP contribution is 2.36. The van der Waals surface area contributed by atoms with Crippen LogP contribution in [0, 0.1) is 22.7 Å². The number of anilines is 2. The van der Waals surface area contributed by atoms with E-state index in [0.29, 0.717) is 32.6 Å². The minimum atomic E-state index is -4.29. The van der Waals surface area contributed by atoms with Crippen molar-refractivity contribution < 1.29 is 17.9 Å². The number of aromatic nitrogens is 2. The molecule has 0 bridgehead atoms. The predicted molar refractivity (Wildman–Crippen MR) is 126 cm³/mol. The zero-order chi connectivity index (χ0) is 25.3. The van der Waals surface area contributed by atoms with Gasteiger partial charge in [-0.15, -0.1) is 0 Å². The summed E-state index contributed by atoms with van der Waals surface area (Å²) in [5.74, 6) is -0.902. The van der Waals surface area contributed by atoms with Crippen LogP contribution in [0.1, 0.15) is 22.3 Å². The van der Waals surface area contributed by atoms with Gasteiger partial charge in [-0.3, -0.25) is 10.4 Å². The monoisotopic (exact) mass is 520 g/mol. The van der Waals surface area contributed by atoms with Gasteiger partial charge < -0.3 is 15.4 Å². The molecule has 2 aromatic heterocycles. The fourth-order valence-electron chi connectivity index (χ4n) is 3.52.